The lowest BCUT2D eigenvalue weighted by Crippen LogP contribution is -2.01. The molecule has 3 aromatic rings. The third kappa shape index (κ3) is 6.03. The number of nitrogens with zero attached hydrogens (tertiary/aromatic N) is 2. The van der Waals surface area contributed by atoms with E-state index in [1.54, 1.807) is 12.1 Å². The van der Waals surface area contributed by atoms with Gasteiger partial charge in [-0.05, 0) is 54.7 Å². The molecule has 26 heavy (non-hydrogen) atoms. The molecule has 0 aliphatic heterocycles. The molecule has 136 valence electrons. The van der Waals surface area contributed by atoms with Crippen molar-refractivity contribution in [2.45, 2.75) is 37.5 Å². The van der Waals surface area contributed by atoms with Crippen LogP contribution >= 0.6 is 11.8 Å². The molecule has 0 N–H and O–H groups in total. The maximum absolute atomic E-state index is 13.3. The van der Waals surface area contributed by atoms with Crippen LogP contribution in [0, 0.1) is 5.82 Å². The molecule has 1 aromatic heterocycles. The Morgan fingerprint density at radius 1 is 1.00 bits per heavy atom. The lowest BCUT2D eigenvalue weighted by atomic mass is 10.1. The zero-order valence-electron chi connectivity index (χ0n) is 14.9. The number of aromatic nitrogens is 2. The summed E-state index contributed by atoms with van der Waals surface area (Å²) < 4.78 is 15.4. The summed E-state index contributed by atoms with van der Waals surface area (Å²) in [5.74, 6) is 0.946. The highest BCUT2D eigenvalue weighted by Crippen LogP contribution is 2.34. The molecule has 0 spiro atoms. The molecule has 0 aliphatic rings. The van der Waals surface area contributed by atoms with Crippen molar-refractivity contribution in [3.05, 3.63) is 90.3 Å². The summed E-state index contributed by atoms with van der Waals surface area (Å²) in [4.78, 5) is 4.09. The fourth-order valence-electron chi connectivity index (χ4n) is 3.05. The fourth-order valence-corrected chi connectivity index (χ4v) is 4.33. The van der Waals surface area contributed by atoms with E-state index in [2.05, 4.69) is 39.9 Å². The molecule has 1 atom stereocenters. The minimum absolute atomic E-state index is 0.167. The van der Waals surface area contributed by atoms with Crippen LogP contribution in [0.2, 0.25) is 0 Å². The Labute approximate surface area is 159 Å². The van der Waals surface area contributed by atoms with Crippen molar-refractivity contribution in [1.29, 1.82) is 0 Å². The highest BCUT2D eigenvalue weighted by molar-refractivity contribution is 7.99. The molecule has 0 saturated carbocycles. The van der Waals surface area contributed by atoms with E-state index in [0.29, 0.717) is 5.25 Å². The second kappa shape index (κ2) is 10.2. The van der Waals surface area contributed by atoms with E-state index in [1.807, 2.05) is 42.6 Å². The van der Waals surface area contributed by atoms with Crippen LogP contribution in [0.5, 0.6) is 0 Å². The van der Waals surface area contributed by atoms with Crippen molar-refractivity contribution in [2.24, 2.45) is 0 Å². The summed E-state index contributed by atoms with van der Waals surface area (Å²) in [5.41, 5.74) is 2.62. The average molecular weight is 369 g/mol. The molecule has 0 bridgehead atoms. The SMILES string of the molecule is Fc1ccc(C(CCCn2ccnc2)SCCCc2ccccc2)cc1. The first kappa shape index (κ1) is 18.7. The maximum Gasteiger partial charge on any atom is 0.123 e. The molecule has 4 heteroatoms. The monoisotopic (exact) mass is 368 g/mol. The van der Waals surface area contributed by atoms with Crippen molar-refractivity contribution >= 4 is 11.8 Å². The van der Waals surface area contributed by atoms with Crippen LogP contribution in [-0.4, -0.2) is 15.3 Å². The van der Waals surface area contributed by atoms with Gasteiger partial charge in [0.05, 0.1) is 6.33 Å². The quantitative estimate of drug-likeness (QED) is 0.414. The van der Waals surface area contributed by atoms with Gasteiger partial charge in [0.1, 0.15) is 5.82 Å². The number of imidazole rings is 1. The number of thioether (sulfide) groups is 1. The van der Waals surface area contributed by atoms with E-state index in [9.17, 15) is 4.39 Å². The summed E-state index contributed by atoms with van der Waals surface area (Å²) in [6, 6.07) is 17.6. The van der Waals surface area contributed by atoms with Gasteiger partial charge in [-0.1, -0.05) is 42.5 Å². The van der Waals surface area contributed by atoms with E-state index in [0.717, 1.165) is 38.0 Å². The lowest BCUT2D eigenvalue weighted by molar-refractivity contribution is 0.601. The van der Waals surface area contributed by atoms with Crippen molar-refractivity contribution in [3.8, 4) is 0 Å². The topological polar surface area (TPSA) is 17.8 Å². The van der Waals surface area contributed by atoms with Crippen molar-refractivity contribution < 1.29 is 4.39 Å². The van der Waals surface area contributed by atoms with Gasteiger partial charge in [0, 0.05) is 24.2 Å². The van der Waals surface area contributed by atoms with Crippen molar-refractivity contribution in [2.75, 3.05) is 5.75 Å². The zero-order chi connectivity index (χ0) is 18.0. The van der Waals surface area contributed by atoms with Gasteiger partial charge in [0.25, 0.3) is 0 Å². The van der Waals surface area contributed by atoms with Gasteiger partial charge in [-0.25, -0.2) is 9.37 Å². The van der Waals surface area contributed by atoms with Crippen LogP contribution in [0.3, 0.4) is 0 Å². The highest BCUT2D eigenvalue weighted by atomic mass is 32.2. The van der Waals surface area contributed by atoms with Gasteiger partial charge in [-0.15, -0.1) is 0 Å². The molecular formula is C22H25FN2S. The number of benzene rings is 2. The van der Waals surface area contributed by atoms with Crippen LogP contribution in [0.4, 0.5) is 4.39 Å². The van der Waals surface area contributed by atoms with Gasteiger partial charge < -0.3 is 4.57 Å². The first-order valence-electron chi connectivity index (χ1n) is 9.18. The van der Waals surface area contributed by atoms with Crippen molar-refractivity contribution in [1.82, 2.24) is 9.55 Å². The number of rotatable bonds is 10. The summed E-state index contributed by atoms with van der Waals surface area (Å²) in [5, 5.41) is 0.412. The van der Waals surface area contributed by atoms with Gasteiger partial charge in [0.2, 0.25) is 0 Å². The Morgan fingerprint density at radius 2 is 1.81 bits per heavy atom. The Hall–Kier alpha value is -2.07. The molecule has 0 amide bonds. The Bertz CT molecular complexity index is 742. The first-order valence-corrected chi connectivity index (χ1v) is 10.2. The van der Waals surface area contributed by atoms with Gasteiger partial charge >= 0.3 is 0 Å². The van der Waals surface area contributed by atoms with E-state index >= 15 is 0 Å². The molecule has 2 aromatic carbocycles. The Kier molecular flexibility index (Phi) is 7.32. The van der Waals surface area contributed by atoms with Crippen LogP contribution in [0.25, 0.3) is 0 Å². The summed E-state index contributed by atoms with van der Waals surface area (Å²) in [7, 11) is 0. The molecule has 1 heterocycles. The zero-order valence-corrected chi connectivity index (χ0v) is 15.7. The molecule has 0 saturated heterocycles. The van der Waals surface area contributed by atoms with Gasteiger partial charge in [0.15, 0.2) is 0 Å². The molecule has 0 fully saturated rings. The second-order valence-electron chi connectivity index (χ2n) is 6.44. The summed E-state index contributed by atoms with van der Waals surface area (Å²) >= 11 is 1.99. The Morgan fingerprint density at radius 3 is 2.54 bits per heavy atom. The Balaban J connectivity index is 1.51. The lowest BCUT2D eigenvalue weighted by Gasteiger charge is -2.17. The molecular weight excluding hydrogens is 343 g/mol. The van der Waals surface area contributed by atoms with E-state index in [4.69, 9.17) is 0 Å². The van der Waals surface area contributed by atoms with Crippen LogP contribution in [-0.2, 0) is 13.0 Å². The fraction of sp³-hybridized carbons (Fsp3) is 0.318. The predicted molar refractivity (Wildman–Crippen MR) is 108 cm³/mol. The second-order valence-corrected chi connectivity index (χ2v) is 7.75. The molecule has 0 radical (unpaired) electrons. The van der Waals surface area contributed by atoms with Crippen molar-refractivity contribution in [3.63, 3.8) is 0 Å². The average Bonchev–Trinajstić information content (AvgIpc) is 3.19. The van der Waals surface area contributed by atoms with E-state index < -0.39 is 0 Å². The van der Waals surface area contributed by atoms with E-state index in [1.165, 1.54) is 11.1 Å². The number of aryl methyl sites for hydroxylation is 2. The van der Waals surface area contributed by atoms with Gasteiger partial charge in [-0.2, -0.15) is 11.8 Å². The molecule has 3 rings (SSSR count). The largest absolute Gasteiger partial charge is 0.337 e. The number of hydrogen-bond donors (Lipinski definition) is 0. The molecule has 2 nitrogen and oxygen atoms in total. The highest BCUT2D eigenvalue weighted by Gasteiger charge is 2.12. The minimum atomic E-state index is -0.167. The van der Waals surface area contributed by atoms with Crippen LogP contribution in [0.1, 0.15) is 35.6 Å². The number of hydrogen-bond acceptors (Lipinski definition) is 2. The predicted octanol–water partition coefficient (Wildman–Crippen LogP) is 5.91. The molecule has 1 unspecified atom stereocenters. The molecule has 0 aliphatic carbocycles. The third-order valence-electron chi connectivity index (χ3n) is 4.46. The summed E-state index contributed by atoms with van der Waals surface area (Å²) in [6.07, 6.45) is 10.1. The van der Waals surface area contributed by atoms with Gasteiger partial charge in [-0.3, -0.25) is 0 Å². The normalized spacial score (nSPS) is 12.2. The minimum Gasteiger partial charge on any atom is -0.337 e. The van der Waals surface area contributed by atoms with Crippen LogP contribution < -0.4 is 0 Å². The maximum atomic E-state index is 13.3. The number of halogens is 1. The standard InChI is InChI=1S/C22H25FN2S/c23-21-12-10-20(11-13-21)22(9-4-15-25-16-14-24-18-25)26-17-5-8-19-6-2-1-3-7-19/h1-3,6-7,10-14,16,18,22H,4-5,8-9,15,17H2. The third-order valence-corrected chi connectivity index (χ3v) is 5.89. The summed E-state index contributed by atoms with van der Waals surface area (Å²) in [6.45, 7) is 0.974. The smallest absolute Gasteiger partial charge is 0.123 e. The van der Waals surface area contributed by atoms with Crippen LogP contribution in [0.15, 0.2) is 73.3 Å². The first-order chi connectivity index (χ1) is 12.8. The van der Waals surface area contributed by atoms with E-state index in [-0.39, 0.29) is 5.82 Å².